The second kappa shape index (κ2) is 8.78. The molecule has 1 N–H and O–H groups in total. The van der Waals surface area contributed by atoms with Crippen molar-refractivity contribution in [3.8, 4) is 11.4 Å². The number of carbonyl (C=O) groups is 1. The van der Waals surface area contributed by atoms with Crippen LogP contribution in [-0.4, -0.2) is 22.6 Å². The van der Waals surface area contributed by atoms with Crippen LogP contribution in [0.4, 0.5) is 4.39 Å². The molecule has 0 radical (unpaired) electrons. The van der Waals surface area contributed by atoms with E-state index in [1.54, 1.807) is 19.1 Å². The summed E-state index contributed by atoms with van der Waals surface area (Å²) in [6.45, 7) is 2.34. The molecule has 0 aliphatic heterocycles. The third kappa shape index (κ3) is 4.42. The summed E-state index contributed by atoms with van der Waals surface area (Å²) in [4.78, 5) is 16.8. The van der Waals surface area contributed by atoms with E-state index in [9.17, 15) is 9.18 Å². The summed E-state index contributed by atoms with van der Waals surface area (Å²) in [7, 11) is 0. The summed E-state index contributed by atoms with van der Waals surface area (Å²) in [5.41, 5.74) is 2.56. The van der Waals surface area contributed by atoms with Gasteiger partial charge in [-0.2, -0.15) is 4.98 Å². The Morgan fingerprint density at radius 1 is 1.17 bits per heavy atom. The number of aromatic nitrogens is 2. The Balaban J connectivity index is 1.33. The Bertz CT molecular complexity index is 1010. The van der Waals surface area contributed by atoms with Crippen LogP contribution < -0.4 is 5.32 Å². The summed E-state index contributed by atoms with van der Waals surface area (Å²) >= 11 is 0. The van der Waals surface area contributed by atoms with E-state index in [0.29, 0.717) is 35.8 Å². The van der Waals surface area contributed by atoms with E-state index in [0.717, 1.165) is 12.8 Å². The lowest BCUT2D eigenvalue weighted by Gasteiger charge is -2.30. The molecule has 156 valence electrons. The number of hydrogen-bond acceptors (Lipinski definition) is 4. The minimum absolute atomic E-state index is 0.0189. The Morgan fingerprint density at radius 2 is 1.93 bits per heavy atom. The maximum atomic E-state index is 13.4. The van der Waals surface area contributed by atoms with Crippen LogP contribution in [-0.2, 0) is 16.6 Å². The van der Waals surface area contributed by atoms with Gasteiger partial charge in [-0.1, -0.05) is 48.3 Å². The summed E-state index contributed by atoms with van der Waals surface area (Å²) in [6, 6.07) is 15.2. The van der Waals surface area contributed by atoms with Gasteiger partial charge in [0.2, 0.25) is 17.6 Å². The predicted octanol–water partition coefficient (Wildman–Crippen LogP) is 4.74. The number of nitrogens with one attached hydrogen (secondary N) is 1. The molecule has 3 aromatic rings. The zero-order valence-electron chi connectivity index (χ0n) is 17.2. The normalized spacial score (nSPS) is 15.3. The van der Waals surface area contributed by atoms with E-state index in [1.807, 2.05) is 6.07 Å². The van der Waals surface area contributed by atoms with Gasteiger partial charge in [0.05, 0.1) is 0 Å². The molecule has 1 saturated carbocycles. The molecule has 0 atom stereocenters. The first-order chi connectivity index (χ1) is 14.6. The second-order valence-electron chi connectivity index (χ2n) is 8.11. The molecule has 0 unspecified atom stereocenters. The van der Waals surface area contributed by atoms with E-state index < -0.39 is 0 Å². The zero-order valence-corrected chi connectivity index (χ0v) is 17.2. The average molecular weight is 407 g/mol. The van der Waals surface area contributed by atoms with Crippen LogP contribution in [0.1, 0.15) is 49.1 Å². The molecule has 0 spiro atoms. The van der Waals surface area contributed by atoms with E-state index in [4.69, 9.17) is 4.52 Å². The summed E-state index contributed by atoms with van der Waals surface area (Å²) in [5.74, 6) is 0.521. The van der Waals surface area contributed by atoms with Crippen LogP contribution in [0, 0.1) is 12.7 Å². The van der Waals surface area contributed by atoms with Gasteiger partial charge in [-0.15, -0.1) is 0 Å². The van der Waals surface area contributed by atoms with Crippen molar-refractivity contribution in [2.45, 2.75) is 50.9 Å². The number of aryl methyl sites for hydroxylation is 2. The van der Waals surface area contributed by atoms with Gasteiger partial charge in [0.15, 0.2) is 0 Å². The molecule has 1 fully saturated rings. The predicted molar refractivity (Wildman–Crippen MR) is 112 cm³/mol. The van der Waals surface area contributed by atoms with Gasteiger partial charge < -0.3 is 9.84 Å². The third-order valence-corrected chi connectivity index (χ3v) is 6.02. The summed E-state index contributed by atoms with van der Waals surface area (Å²) in [5, 5.41) is 7.07. The van der Waals surface area contributed by atoms with Crippen molar-refractivity contribution in [2.75, 3.05) is 6.54 Å². The fraction of sp³-hybridized carbons (Fsp3) is 0.375. The number of nitrogens with zero attached hydrogens (tertiary/aromatic N) is 2. The number of benzene rings is 2. The highest BCUT2D eigenvalue weighted by molar-refractivity contribution is 5.76. The number of hydrogen-bond donors (Lipinski definition) is 1. The Hall–Kier alpha value is -3.02. The van der Waals surface area contributed by atoms with Crippen LogP contribution in [0.25, 0.3) is 11.4 Å². The highest BCUT2D eigenvalue weighted by Crippen LogP contribution is 2.40. The van der Waals surface area contributed by atoms with Gasteiger partial charge in [-0.25, -0.2) is 4.39 Å². The average Bonchev–Trinajstić information content (AvgIpc) is 3.44. The van der Waals surface area contributed by atoms with E-state index in [-0.39, 0.29) is 23.6 Å². The molecule has 0 saturated heterocycles. The molecular formula is C24H26FN3O2. The van der Waals surface area contributed by atoms with Gasteiger partial charge in [0.1, 0.15) is 5.82 Å². The molecule has 4 rings (SSSR count). The number of carbonyl (C=O) groups excluding carboxylic acids is 1. The smallest absolute Gasteiger partial charge is 0.227 e. The van der Waals surface area contributed by atoms with Crippen molar-refractivity contribution in [1.29, 1.82) is 0 Å². The lowest BCUT2D eigenvalue weighted by Crippen LogP contribution is -2.39. The summed E-state index contributed by atoms with van der Waals surface area (Å²) in [6.07, 6.45) is 5.24. The minimum atomic E-state index is -0.269. The molecule has 0 bridgehead atoms. The van der Waals surface area contributed by atoms with Crippen molar-refractivity contribution < 1.29 is 13.7 Å². The number of amides is 1. The first-order valence-electron chi connectivity index (χ1n) is 10.5. The van der Waals surface area contributed by atoms with Crippen LogP contribution in [0.5, 0.6) is 0 Å². The van der Waals surface area contributed by atoms with Crippen molar-refractivity contribution in [3.63, 3.8) is 0 Å². The van der Waals surface area contributed by atoms with Gasteiger partial charge in [-0.05, 0) is 49.1 Å². The van der Waals surface area contributed by atoms with Crippen LogP contribution in [0.2, 0.25) is 0 Å². The van der Waals surface area contributed by atoms with Crippen molar-refractivity contribution >= 4 is 5.91 Å². The molecule has 1 aliphatic rings. The first kappa shape index (κ1) is 20.3. The number of halogens is 1. The Kier molecular flexibility index (Phi) is 5.93. The monoisotopic (exact) mass is 407 g/mol. The first-order valence-corrected chi connectivity index (χ1v) is 10.5. The lowest BCUT2D eigenvalue weighted by atomic mass is 9.79. The fourth-order valence-electron chi connectivity index (χ4n) is 4.25. The minimum Gasteiger partial charge on any atom is -0.355 e. The maximum absolute atomic E-state index is 13.4. The standard InChI is InChI=1S/C24H26FN3O2/c1-17-15-18(9-10-20(17)25)23-27-22(30-28-23)12-11-21(29)26-16-24(13-5-6-14-24)19-7-3-2-4-8-19/h2-4,7-10,15H,5-6,11-14,16H2,1H3,(H,26,29). The Morgan fingerprint density at radius 3 is 2.67 bits per heavy atom. The Labute approximate surface area is 175 Å². The highest BCUT2D eigenvalue weighted by Gasteiger charge is 2.35. The van der Waals surface area contributed by atoms with E-state index in [2.05, 4.69) is 39.7 Å². The van der Waals surface area contributed by atoms with Gasteiger partial charge in [-0.3, -0.25) is 4.79 Å². The van der Waals surface area contributed by atoms with Crippen LogP contribution in [0.3, 0.4) is 0 Å². The molecule has 6 heteroatoms. The third-order valence-electron chi connectivity index (χ3n) is 6.02. The SMILES string of the molecule is Cc1cc(-c2noc(CCC(=O)NCC3(c4ccccc4)CCCC3)n2)ccc1F. The molecular weight excluding hydrogens is 381 g/mol. The van der Waals surface area contributed by atoms with E-state index >= 15 is 0 Å². The molecule has 30 heavy (non-hydrogen) atoms. The van der Waals surface area contributed by atoms with Crippen molar-refractivity contribution in [1.82, 2.24) is 15.5 Å². The van der Waals surface area contributed by atoms with E-state index in [1.165, 1.54) is 24.5 Å². The fourth-order valence-corrected chi connectivity index (χ4v) is 4.25. The molecule has 5 nitrogen and oxygen atoms in total. The van der Waals surface area contributed by atoms with Crippen molar-refractivity contribution in [2.24, 2.45) is 0 Å². The lowest BCUT2D eigenvalue weighted by molar-refractivity contribution is -0.121. The maximum Gasteiger partial charge on any atom is 0.227 e. The zero-order chi connectivity index (χ0) is 21.0. The topological polar surface area (TPSA) is 68.0 Å². The van der Waals surface area contributed by atoms with Gasteiger partial charge in [0.25, 0.3) is 0 Å². The van der Waals surface area contributed by atoms with Gasteiger partial charge >= 0.3 is 0 Å². The van der Waals surface area contributed by atoms with Crippen LogP contribution in [0.15, 0.2) is 53.1 Å². The molecule has 1 amide bonds. The molecule has 1 heterocycles. The second-order valence-corrected chi connectivity index (χ2v) is 8.11. The number of rotatable bonds is 7. The summed E-state index contributed by atoms with van der Waals surface area (Å²) < 4.78 is 18.7. The highest BCUT2D eigenvalue weighted by atomic mass is 19.1. The van der Waals surface area contributed by atoms with Crippen LogP contribution >= 0.6 is 0 Å². The molecule has 1 aromatic heterocycles. The largest absolute Gasteiger partial charge is 0.355 e. The van der Waals surface area contributed by atoms with Gasteiger partial charge in [0, 0.05) is 30.4 Å². The molecule has 2 aromatic carbocycles. The quantitative estimate of drug-likeness (QED) is 0.614. The molecule has 1 aliphatic carbocycles. The van der Waals surface area contributed by atoms with Crippen molar-refractivity contribution in [3.05, 3.63) is 71.4 Å².